The van der Waals surface area contributed by atoms with Crippen molar-refractivity contribution in [2.24, 2.45) is 0 Å². The molecule has 7 nitrogen and oxygen atoms in total. The van der Waals surface area contributed by atoms with Gasteiger partial charge in [0.2, 0.25) is 13.1 Å². The lowest BCUT2D eigenvalue weighted by Gasteiger charge is -2.48. The van der Waals surface area contributed by atoms with Gasteiger partial charge in [0, 0.05) is 38.3 Å². The van der Waals surface area contributed by atoms with Gasteiger partial charge in [0.25, 0.3) is 0 Å². The highest BCUT2D eigenvalue weighted by molar-refractivity contribution is 5.91. The molecule has 25 heavy (non-hydrogen) atoms. The molecule has 1 saturated heterocycles. The van der Waals surface area contributed by atoms with E-state index in [0.717, 1.165) is 5.56 Å². The van der Waals surface area contributed by atoms with Gasteiger partial charge in [-0.25, -0.2) is 0 Å². The van der Waals surface area contributed by atoms with E-state index >= 15 is 0 Å². The largest absolute Gasteiger partial charge is 0.486 e. The molecule has 0 unspecified atom stereocenters. The van der Waals surface area contributed by atoms with E-state index in [-0.39, 0.29) is 24.6 Å². The molecule has 0 spiro atoms. The van der Waals surface area contributed by atoms with Crippen LogP contribution < -0.4 is 14.2 Å². The van der Waals surface area contributed by atoms with Gasteiger partial charge in [0.1, 0.15) is 17.6 Å². The highest BCUT2D eigenvalue weighted by atomic mass is 16.7. The number of methoxy groups -OCH3 is 2. The molecular formula is C18H18O7. The molecule has 1 aromatic rings. The maximum Gasteiger partial charge on any atom is 0.231 e. The molecule has 0 bridgehead atoms. The van der Waals surface area contributed by atoms with Gasteiger partial charge >= 0.3 is 0 Å². The number of ether oxygens (including phenoxy) is 6. The summed E-state index contributed by atoms with van der Waals surface area (Å²) >= 11 is 0. The fourth-order valence-corrected chi connectivity index (χ4v) is 4.25. The van der Waals surface area contributed by atoms with Crippen molar-refractivity contribution in [3.8, 4) is 17.2 Å². The Bertz CT molecular complexity index is 786. The molecule has 0 amide bonds. The number of hydrogen-bond donors (Lipinski definition) is 0. The van der Waals surface area contributed by atoms with Gasteiger partial charge in [-0.15, -0.1) is 0 Å². The van der Waals surface area contributed by atoms with Gasteiger partial charge in [-0.1, -0.05) is 0 Å². The third kappa shape index (κ3) is 1.90. The molecule has 3 aliphatic heterocycles. The lowest BCUT2D eigenvalue weighted by molar-refractivity contribution is -0.219. The molecule has 1 aliphatic carbocycles. The first-order chi connectivity index (χ1) is 12.2. The lowest BCUT2D eigenvalue weighted by Crippen LogP contribution is -2.59. The quantitative estimate of drug-likeness (QED) is 0.810. The summed E-state index contributed by atoms with van der Waals surface area (Å²) in [6.07, 6.45) is 1.48. The molecule has 7 heteroatoms. The predicted octanol–water partition coefficient (Wildman–Crippen LogP) is 1.89. The Morgan fingerprint density at radius 2 is 1.92 bits per heavy atom. The molecule has 4 aliphatic rings. The smallest absolute Gasteiger partial charge is 0.231 e. The van der Waals surface area contributed by atoms with Gasteiger partial charge in [-0.05, 0) is 12.5 Å². The van der Waals surface area contributed by atoms with Crippen LogP contribution in [0.5, 0.6) is 17.2 Å². The molecule has 4 atom stereocenters. The molecular weight excluding hydrogens is 328 g/mol. The molecule has 5 rings (SSSR count). The zero-order valence-corrected chi connectivity index (χ0v) is 13.9. The second kappa shape index (κ2) is 5.12. The normalized spacial score (nSPS) is 34.4. The van der Waals surface area contributed by atoms with Crippen LogP contribution in [0.25, 0.3) is 0 Å². The Hall–Kier alpha value is -2.25. The van der Waals surface area contributed by atoms with Crippen molar-refractivity contribution < 1.29 is 33.2 Å². The molecule has 0 radical (unpaired) electrons. The van der Waals surface area contributed by atoms with Crippen LogP contribution in [0.1, 0.15) is 24.3 Å². The van der Waals surface area contributed by atoms with Crippen molar-refractivity contribution in [3.05, 3.63) is 29.5 Å². The van der Waals surface area contributed by atoms with Crippen LogP contribution in [-0.2, 0) is 19.0 Å². The average Bonchev–Trinajstić information content (AvgIpc) is 3.22. The van der Waals surface area contributed by atoms with Crippen LogP contribution in [0, 0.1) is 0 Å². The van der Waals surface area contributed by atoms with Crippen LogP contribution in [-0.4, -0.2) is 44.8 Å². The summed E-state index contributed by atoms with van der Waals surface area (Å²) in [6, 6.07) is 3.76. The fraction of sp³-hybridized carbons (Fsp3) is 0.500. The minimum absolute atomic E-state index is 0.0206. The van der Waals surface area contributed by atoms with Crippen molar-refractivity contribution in [2.45, 2.75) is 36.8 Å². The maximum atomic E-state index is 11.9. The van der Waals surface area contributed by atoms with E-state index in [1.165, 1.54) is 6.08 Å². The number of hydrogen-bond acceptors (Lipinski definition) is 7. The lowest BCUT2D eigenvalue weighted by atomic mass is 9.75. The highest BCUT2D eigenvalue weighted by Gasteiger charge is 2.61. The zero-order valence-electron chi connectivity index (χ0n) is 13.9. The van der Waals surface area contributed by atoms with Crippen molar-refractivity contribution in [1.82, 2.24) is 0 Å². The number of carbonyl (C=O) groups excluding carboxylic acids is 1. The Morgan fingerprint density at radius 3 is 2.68 bits per heavy atom. The Morgan fingerprint density at radius 1 is 1.12 bits per heavy atom. The second-order valence-electron chi connectivity index (χ2n) is 6.60. The summed E-state index contributed by atoms with van der Waals surface area (Å²) in [5, 5.41) is 0. The number of rotatable bonds is 2. The summed E-state index contributed by atoms with van der Waals surface area (Å²) < 4.78 is 34.7. The van der Waals surface area contributed by atoms with Crippen molar-refractivity contribution in [1.29, 1.82) is 0 Å². The Labute approximate surface area is 144 Å². The van der Waals surface area contributed by atoms with E-state index in [9.17, 15) is 4.79 Å². The molecule has 0 aromatic heterocycles. The van der Waals surface area contributed by atoms with E-state index in [4.69, 9.17) is 28.4 Å². The molecule has 1 aromatic carbocycles. The predicted molar refractivity (Wildman–Crippen MR) is 83.7 cm³/mol. The highest BCUT2D eigenvalue weighted by Crippen LogP contribution is 2.56. The number of benzene rings is 1. The van der Waals surface area contributed by atoms with Crippen LogP contribution in [0.3, 0.4) is 0 Å². The minimum Gasteiger partial charge on any atom is -0.486 e. The van der Waals surface area contributed by atoms with Crippen molar-refractivity contribution in [2.75, 3.05) is 21.0 Å². The SMILES string of the molecule is CO[C@H]1OC2=CC(=O)CC[C@@]2(OC)[C@@H]2Oc3cc4c(cc3[C@H]12)OCO4. The summed E-state index contributed by atoms with van der Waals surface area (Å²) in [7, 11) is 3.20. The standard InChI is InChI=1S/C18H18O7/c1-20-17-15-10-6-12-13(23-8-22-12)7-11(10)24-16(15)18(21-2)4-3-9(19)5-14(18)25-17/h5-7,15-17H,3-4,8H2,1-2H3/t15-,16+,17-,18-/m0/s1. The summed E-state index contributed by atoms with van der Waals surface area (Å²) in [5.41, 5.74) is 0.132. The third-order valence-corrected chi connectivity index (χ3v) is 5.49. The van der Waals surface area contributed by atoms with E-state index in [0.29, 0.717) is 35.8 Å². The van der Waals surface area contributed by atoms with E-state index < -0.39 is 11.9 Å². The van der Waals surface area contributed by atoms with Crippen LogP contribution in [0.2, 0.25) is 0 Å². The average molecular weight is 346 g/mol. The first-order valence-electron chi connectivity index (χ1n) is 8.26. The molecule has 0 saturated carbocycles. The van der Waals surface area contributed by atoms with Gasteiger partial charge in [-0.2, -0.15) is 0 Å². The van der Waals surface area contributed by atoms with Crippen LogP contribution in [0.4, 0.5) is 0 Å². The Kier molecular flexibility index (Phi) is 3.08. The first kappa shape index (κ1) is 15.0. The van der Waals surface area contributed by atoms with Crippen LogP contribution in [0.15, 0.2) is 24.0 Å². The van der Waals surface area contributed by atoms with E-state index in [2.05, 4.69) is 0 Å². The second-order valence-corrected chi connectivity index (χ2v) is 6.60. The molecule has 3 heterocycles. The molecule has 132 valence electrons. The van der Waals surface area contributed by atoms with Crippen molar-refractivity contribution >= 4 is 5.78 Å². The van der Waals surface area contributed by atoms with Crippen LogP contribution >= 0.6 is 0 Å². The molecule has 0 N–H and O–H groups in total. The van der Waals surface area contributed by atoms with Crippen molar-refractivity contribution in [3.63, 3.8) is 0 Å². The summed E-state index contributed by atoms with van der Waals surface area (Å²) in [5.74, 6) is 2.36. The van der Waals surface area contributed by atoms with E-state index in [1.54, 1.807) is 14.2 Å². The summed E-state index contributed by atoms with van der Waals surface area (Å²) in [6.45, 7) is 0.202. The fourth-order valence-electron chi connectivity index (χ4n) is 4.25. The number of carbonyl (C=O) groups is 1. The number of fused-ring (bicyclic) bond motifs is 6. The maximum absolute atomic E-state index is 11.9. The minimum atomic E-state index is -0.807. The first-order valence-corrected chi connectivity index (χ1v) is 8.26. The summed E-state index contributed by atoms with van der Waals surface area (Å²) in [4.78, 5) is 11.9. The van der Waals surface area contributed by atoms with Gasteiger partial charge < -0.3 is 28.4 Å². The topological polar surface area (TPSA) is 72.5 Å². The zero-order chi connectivity index (χ0) is 17.2. The molecule has 1 fully saturated rings. The van der Waals surface area contributed by atoms with E-state index in [1.807, 2.05) is 12.1 Å². The number of allylic oxidation sites excluding steroid dienone is 1. The van der Waals surface area contributed by atoms with Gasteiger partial charge in [0.05, 0.1) is 5.92 Å². The van der Waals surface area contributed by atoms with Gasteiger partial charge in [0.15, 0.2) is 22.9 Å². The monoisotopic (exact) mass is 346 g/mol. The number of ketones is 1. The third-order valence-electron chi connectivity index (χ3n) is 5.49. The Balaban J connectivity index is 1.64. The van der Waals surface area contributed by atoms with Gasteiger partial charge in [-0.3, -0.25) is 4.79 Å².